The molecule has 2 heterocycles. The number of primary amides is 1. The summed E-state index contributed by atoms with van der Waals surface area (Å²) in [6.45, 7) is 1.39. The smallest absolute Gasteiger partial charge is 0.369 e. The van der Waals surface area contributed by atoms with Crippen LogP contribution in [0.5, 0.6) is 0 Å². The molecule has 0 aliphatic carbocycles. The third-order valence-corrected chi connectivity index (χ3v) is 3.21. The summed E-state index contributed by atoms with van der Waals surface area (Å²) in [6, 6.07) is 1.04. The zero-order valence-corrected chi connectivity index (χ0v) is 10.2. The summed E-state index contributed by atoms with van der Waals surface area (Å²) in [5.74, 6) is -0.502. The molecule has 0 aromatic carbocycles. The van der Waals surface area contributed by atoms with E-state index in [4.69, 9.17) is 5.73 Å². The van der Waals surface area contributed by atoms with Gasteiger partial charge in [-0.3, -0.25) is 14.8 Å². The molecule has 0 radical (unpaired) electrons. The van der Waals surface area contributed by atoms with Crippen LogP contribution < -0.4 is 5.73 Å². The fraction of sp³-hybridized carbons (Fsp3) is 0.636. The number of H-pyrrole nitrogens is 1. The summed E-state index contributed by atoms with van der Waals surface area (Å²) in [6.07, 6.45) is -2.84. The molecule has 8 heteroatoms. The third kappa shape index (κ3) is 3.46. The van der Waals surface area contributed by atoms with E-state index in [0.717, 1.165) is 25.5 Å². The fourth-order valence-electron chi connectivity index (χ4n) is 2.36. The Bertz CT molecular complexity index is 457. The lowest BCUT2D eigenvalue weighted by atomic mass is 9.94. The highest BCUT2D eigenvalue weighted by Crippen LogP contribution is 2.31. The zero-order chi connectivity index (χ0) is 14.0. The van der Waals surface area contributed by atoms with Crippen molar-refractivity contribution < 1.29 is 18.0 Å². The molecular formula is C11H15F3N4O. The Morgan fingerprint density at radius 3 is 2.89 bits per heavy atom. The molecule has 2 rings (SSSR count). The predicted octanol–water partition coefficient (Wildman–Crippen LogP) is 1.09. The number of amides is 1. The van der Waals surface area contributed by atoms with E-state index >= 15 is 0 Å². The first kappa shape index (κ1) is 13.9. The number of nitrogens with one attached hydrogen (secondary N) is 1. The number of hydrogen-bond donors (Lipinski definition) is 2. The summed E-state index contributed by atoms with van der Waals surface area (Å²) in [5.41, 5.74) is 4.67. The monoisotopic (exact) mass is 276 g/mol. The Balaban J connectivity index is 2.05. The number of piperidine rings is 1. The second kappa shape index (κ2) is 5.20. The van der Waals surface area contributed by atoms with Crippen LogP contribution in [-0.4, -0.2) is 40.6 Å². The second-order valence-electron chi connectivity index (χ2n) is 4.75. The van der Waals surface area contributed by atoms with Crippen molar-refractivity contribution in [1.29, 1.82) is 0 Å². The topological polar surface area (TPSA) is 75.0 Å². The van der Waals surface area contributed by atoms with E-state index in [1.54, 1.807) is 0 Å². The van der Waals surface area contributed by atoms with Gasteiger partial charge >= 0.3 is 6.18 Å². The number of carbonyl (C=O) groups is 1. The Morgan fingerprint density at radius 1 is 1.58 bits per heavy atom. The maximum atomic E-state index is 12.5. The maximum absolute atomic E-state index is 12.5. The van der Waals surface area contributed by atoms with Crippen molar-refractivity contribution in [2.24, 2.45) is 5.73 Å². The molecule has 0 bridgehead atoms. The number of carbonyl (C=O) groups excluding carboxylic acids is 1. The number of hydrogen-bond acceptors (Lipinski definition) is 3. The van der Waals surface area contributed by atoms with E-state index in [1.165, 1.54) is 0 Å². The molecule has 1 aliphatic rings. The SMILES string of the molecule is NC(=O)CN1CCCC(c2cc(C(F)(F)F)n[nH]2)C1. The number of rotatable bonds is 3. The van der Waals surface area contributed by atoms with Crippen LogP contribution in [-0.2, 0) is 11.0 Å². The van der Waals surface area contributed by atoms with Gasteiger partial charge in [0.2, 0.25) is 5.91 Å². The molecule has 3 N–H and O–H groups in total. The van der Waals surface area contributed by atoms with Crippen molar-refractivity contribution in [3.05, 3.63) is 17.5 Å². The standard InChI is InChI=1S/C11H15F3N4O/c12-11(13,14)9-4-8(16-17-9)7-2-1-3-18(5-7)6-10(15)19/h4,7H,1-3,5-6H2,(H2,15,19)(H,16,17). The molecule has 1 amide bonds. The van der Waals surface area contributed by atoms with Gasteiger partial charge in [-0.05, 0) is 25.5 Å². The highest BCUT2D eigenvalue weighted by atomic mass is 19.4. The van der Waals surface area contributed by atoms with Gasteiger partial charge in [-0.2, -0.15) is 18.3 Å². The van der Waals surface area contributed by atoms with Gasteiger partial charge in [0.15, 0.2) is 5.69 Å². The van der Waals surface area contributed by atoms with E-state index in [9.17, 15) is 18.0 Å². The van der Waals surface area contributed by atoms with Gasteiger partial charge in [0.25, 0.3) is 0 Å². The maximum Gasteiger partial charge on any atom is 0.435 e. The van der Waals surface area contributed by atoms with E-state index in [0.29, 0.717) is 12.2 Å². The van der Waals surface area contributed by atoms with Crippen molar-refractivity contribution >= 4 is 5.91 Å². The molecule has 1 aromatic heterocycles. The van der Waals surface area contributed by atoms with E-state index in [-0.39, 0.29) is 12.5 Å². The molecule has 0 saturated carbocycles. The van der Waals surface area contributed by atoms with E-state index < -0.39 is 17.8 Å². The lowest BCUT2D eigenvalue weighted by Crippen LogP contribution is -2.40. The van der Waals surface area contributed by atoms with Crippen molar-refractivity contribution in [3.8, 4) is 0 Å². The fourth-order valence-corrected chi connectivity index (χ4v) is 2.36. The van der Waals surface area contributed by atoms with Crippen LogP contribution in [0, 0.1) is 0 Å². The largest absolute Gasteiger partial charge is 0.435 e. The van der Waals surface area contributed by atoms with Gasteiger partial charge in [0, 0.05) is 18.2 Å². The Labute approximate surface area is 108 Å². The minimum absolute atomic E-state index is 0.0725. The Morgan fingerprint density at radius 2 is 2.32 bits per heavy atom. The summed E-state index contributed by atoms with van der Waals surface area (Å²) >= 11 is 0. The molecule has 5 nitrogen and oxygen atoms in total. The van der Waals surface area contributed by atoms with Gasteiger partial charge in [-0.15, -0.1) is 0 Å². The lowest BCUT2D eigenvalue weighted by molar-refractivity contribution is -0.141. The van der Waals surface area contributed by atoms with Crippen LogP contribution in [0.1, 0.15) is 30.1 Å². The summed E-state index contributed by atoms with van der Waals surface area (Å²) in [5, 5.41) is 5.73. The normalized spacial score (nSPS) is 21.5. The van der Waals surface area contributed by atoms with Crippen molar-refractivity contribution in [3.63, 3.8) is 0 Å². The second-order valence-corrected chi connectivity index (χ2v) is 4.75. The first-order chi connectivity index (χ1) is 8.86. The molecule has 1 saturated heterocycles. The predicted molar refractivity (Wildman–Crippen MR) is 61.2 cm³/mol. The number of nitrogens with two attached hydrogens (primary N) is 1. The van der Waals surface area contributed by atoms with Crippen LogP contribution in [0.2, 0.25) is 0 Å². The molecule has 19 heavy (non-hydrogen) atoms. The first-order valence-corrected chi connectivity index (χ1v) is 5.99. The summed E-state index contributed by atoms with van der Waals surface area (Å²) in [4.78, 5) is 12.7. The van der Waals surface area contributed by atoms with Gasteiger partial charge in [0.1, 0.15) is 0 Å². The number of aromatic nitrogens is 2. The summed E-state index contributed by atoms with van der Waals surface area (Å²) in [7, 11) is 0. The van der Waals surface area contributed by atoms with Crippen molar-refractivity contribution in [2.45, 2.75) is 24.9 Å². The van der Waals surface area contributed by atoms with E-state index in [2.05, 4.69) is 10.2 Å². The molecule has 0 spiro atoms. The summed E-state index contributed by atoms with van der Waals surface area (Å²) < 4.78 is 37.4. The molecular weight excluding hydrogens is 261 g/mol. The van der Waals surface area contributed by atoms with Crippen LogP contribution in [0.25, 0.3) is 0 Å². The number of halogens is 3. The van der Waals surface area contributed by atoms with E-state index in [1.807, 2.05) is 4.90 Å². The molecule has 1 atom stereocenters. The average molecular weight is 276 g/mol. The molecule has 1 fully saturated rings. The number of nitrogens with zero attached hydrogens (tertiary/aromatic N) is 2. The number of alkyl halides is 3. The van der Waals surface area contributed by atoms with Gasteiger partial charge < -0.3 is 5.73 Å². The van der Waals surface area contributed by atoms with Gasteiger partial charge in [-0.25, -0.2) is 0 Å². The van der Waals surface area contributed by atoms with Crippen molar-refractivity contribution in [2.75, 3.05) is 19.6 Å². The Kier molecular flexibility index (Phi) is 3.79. The molecule has 1 aromatic rings. The lowest BCUT2D eigenvalue weighted by Gasteiger charge is -2.31. The average Bonchev–Trinajstić information content (AvgIpc) is 2.77. The minimum Gasteiger partial charge on any atom is -0.369 e. The molecule has 1 unspecified atom stereocenters. The van der Waals surface area contributed by atoms with Crippen LogP contribution >= 0.6 is 0 Å². The van der Waals surface area contributed by atoms with Crippen LogP contribution in [0.3, 0.4) is 0 Å². The number of likely N-dealkylation sites (tertiary alicyclic amines) is 1. The molecule has 106 valence electrons. The molecule has 1 aliphatic heterocycles. The Hall–Kier alpha value is -1.57. The van der Waals surface area contributed by atoms with Gasteiger partial charge in [0.05, 0.1) is 6.54 Å². The quantitative estimate of drug-likeness (QED) is 0.868. The first-order valence-electron chi connectivity index (χ1n) is 5.99. The van der Waals surface area contributed by atoms with Crippen LogP contribution in [0.4, 0.5) is 13.2 Å². The zero-order valence-electron chi connectivity index (χ0n) is 10.2. The van der Waals surface area contributed by atoms with Crippen molar-refractivity contribution in [1.82, 2.24) is 15.1 Å². The highest BCUT2D eigenvalue weighted by molar-refractivity contribution is 5.75. The number of aromatic amines is 1. The minimum atomic E-state index is -4.43. The van der Waals surface area contributed by atoms with Gasteiger partial charge in [-0.1, -0.05) is 0 Å². The third-order valence-electron chi connectivity index (χ3n) is 3.21. The van der Waals surface area contributed by atoms with Crippen LogP contribution in [0.15, 0.2) is 6.07 Å². The highest BCUT2D eigenvalue weighted by Gasteiger charge is 2.35.